The molecule has 0 unspecified atom stereocenters. The molecule has 0 aliphatic rings. The fourth-order valence-electron chi connectivity index (χ4n) is 1.90. The molecule has 20 heavy (non-hydrogen) atoms. The van der Waals surface area contributed by atoms with Gasteiger partial charge in [-0.3, -0.25) is 4.79 Å². The van der Waals surface area contributed by atoms with E-state index in [0.29, 0.717) is 18.7 Å². The summed E-state index contributed by atoms with van der Waals surface area (Å²) >= 11 is 3.43. The first kappa shape index (κ1) is 14.7. The molecule has 6 heteroatoms. The van der Waals surface area contributed by atoms with Crippen LogP contribution >= 0.6 is 15.9 Å². The molecule has 0 radical (unpaired) electrons. The number of nitrogens with zero attached hydrogens (tertiary/aromatic N) is 2. The van der Waals surface area contributed by atoms with Crippen LogP contribution in [0, 0.1) is 6.92 Å². The van der Waals surface area contributed by atoms with Crippen LogP contribution in [0.4, 0.5) is 0 Å². The van der Waals surface area contributed by atoms with Crippen LogP contribution in [0.2, 0.25) is 0 Å². The van der Waals surface area contributed by atoms with Crippen molar-refractivity contribution in [1.82, 2.24) is 15.1 Å². The molecule has 0 saturated carbocycles. The molecule has 106 valence electrons. The smallest absolute Gasteiger partial charge is 0.254 e. The van der Waals surface area contributed by atoms with Crippen LogP contribution in [-0.2, 0) is 0 Å². The molecule has 1 amide bonds. The number of amides is 1. The second kappa shape index (κ2) is 6.67. The van der Waals surface area contributed by atoms with Crippen molar-refractivity contribution in [3.63, 3.8) is 0 Å². The number of halogens is 1. The Morgan fingerprint density at radius 2 is 2.30 bits per heavy atom. The van der Waals surface area contributed by atoms with Gasteiger partial charge in [0.25, 0.3) is 5.91 Å². The van der Waals surface area contributed by atoms with Gasteiger partial charge < -0.3 is 11.1 Å². The molecule has 0 bridgehead atoms. The van der Waals surface area contributed by atoms with Gasteiger partial charge in [0, 0.05) is 11.0 Å². The summed E-state index contributed by atoms with van der Waals surface area (Å²) in [7, 11) is 0. The highest BCUT2D eigenvalue weighted by Gasteiger charge is 2.14. The van der Waals surface area contributed by atoms with Gasteiger partial charge in [-0.05, 0) is 38.1 Å². The van der Waals surface area contributed by atoms with Crippen LogP contribution in [0.15, 0.2) is 34.9 Å². The topological polar surface area (TPSA) is 72.9 Å². The minimum Gasteiger partial charge on any atom is -0.352 e. The summed E-state index contributed by atoms with van der Waals surface area (Å²) in [5, 5.41) is 7.12. The highest BCUT2D eigenvalue weighted by atomic mass is 79.9. The van der Waals surface area contributed by atoms with Crippen molar-refractivity contribution in [3.05, 3.63) is 46.2 Å². The van der Waals surface area contributed by atoms with Gasteiger partial charge in [-0.25, -0.2) is 4.68 Å². The van der Waals surface area contributed by atoms with E-state index in [4.69, 9.17) is 5.73 Å². The second-order valence-corrected chi connectivity index (χ2v) is 5.35. The maximum absolute atomic E-state index is 12.0. The SMILES string of the molecule is Cc1c(C(=O)NCCCN)cnn1-c1cccc(Br)c1. The summed E-state index contributed by atoms with van der Waals surface area (Å²) in [6.45, 7) is 3.03. The van der Waals surface area contributed by atoms with Crippen molar-refractivity contribution in [2.45, 2.75) is 13.3 Å². The number of nitrogens with one attached hydrogen (secondary N) is 1. The lowest BCUT2D eigenvalue weighted by Crippen LogP contribution is -2.26. The predicted molar refractivity (Wildman–Crippen MR) is 82.0 cm³/mol. The van der Waals surface area contributed by atoms with Crippen molar-refractivity contribution in [2.75, 3.05) is 13.1 Å². The first-order chi connectivity index (χ1) is 9.63. The van der Waals surface area contributed by atoms with Crippen molar-refractivity contribution in [3.8, 4) is 5.69 Å². The number of rotatable bonds is 5. The van der Waals surface area contributed by atoms with Crippen molar-refractivity contribution < 1.29 is 4.79 Å². The Kier molecular flexibility index (Phi) is 4.92. The van der Waals surface area contributed by atoms with Gasteiger partial charge in [0.15, 0.2) is 0 Å². The number of carbonyl (C=O) groups excluding carboxylic acids is 1. The standard InChI is InChI=1S/C14H17BrN4O/c1-10-13(14(20)17-7-3-6-16)9-18-19(10)12-5-2-4-11(15)8-12/h2,4-5,8-9H,3,6-7,16H2,1H3,(H,17,20). The van der Waals surface area contributed by atoms with Crippen molar-refractivity contribution >= 4 is 21.8 Å². The maximum Gasteiger partial charge on any atom is 0.254 e. The monoisotopic (exact) mass is 336 g/mol. The molecule has 1 aromatic carbocycles. The van der Waals surface area contributed by atoms with E-state index in [9.17, 15) is 4.79 Å². The molecule has 1 aromatic heterocycles. The van der Waals surface area contributed by atoms with Crippen LogP contribution in [0.25, 0.3) is 5.69 Å². The summed E-state index contributed by atoms with van der Waals surface area (Å²) < 4.78 is 2.72. The fourth-order valence-corrected chi connectivity index (χ4v) is 2.29. The molecule has 3 N–H and O–H groups in total. The normalized spacial score (nSPS) is 10.6. The summed E-state index contributed by atoms with van der Waals surface area (Å²) in [4.78, 5) is 12.0. The molecule has 0 atom stereocenters. The van der Waals surface area contributed by atoms with Crippen LogP contribution in [0.5, 0.6) is 0 Å². The van der Waals surface area contributed by atoms with E-state index in [-0.39, 0.29) is 5.91 Å². The number of benzene rings is 1. The molecule has 0 fully saturated rings. The third-order valence-corrected chi connectivity index (χ3v) is 3.47. The number of hydrogen-bond acceptors (Lipinski definition) is 3. The van der Waals surface area contributed by atoms with E-state index in [2.05, 4.69) is 26.3 Å². The predicted octanol–water partition coefficient (Wildman–Crippen LogP) is 2.02. The largest absolute Gasteiger partial charge is 0.352 e. The van der Waals surface area contributed by atoms with E-state index < -0.39 is 0 Å². The van der Waals surface area contributed by atoms with Gasteiger partial charge in [-0.1, -0.05) is 22.0 Å². The lowest BCUT2D eigenvalue weighted by Gasteiger charge is -2.06. The first-order valence-corrected chi connectivity index (χ1v) is 7.21. The average molecular weight is 337 g/mol. The van der Waals surface area contributed by atoms with Crippen LogP contribution in [0.1, 0.15) is 22.5 Å². The third kappa shape index (κ3) is 3.26. The first-order valence-electron chi connectivity index (χ1n) is 6.42. The Hall–Kier alpha value is -1.66. The van der Waals surface area contributed by atoms with Crippen LogP contribution in [0.3, 0.4) is 0 Å². The van der Waals surface area contributed by atoms with Crippen molar-refractivity contribution in [2.24, 2.45) is 5.73 Å². The van der Waals surface area contributed by atoms with E-state index in [1.54, 1.807) is 10.9 Å². The van der Waals surface area contributed by atoms with Gasteiger partial charge in [-0.15, -0.1) is 0 Å². The van der Waals surface area contributed by atoms with Gasteiger partial charge in [-0.2, -0.15) is 5.10 Å². The van der Waals surface area contributed by atoms with E-state index >= 15 is 0 Å². The lowest BCUT2D eigenvalue weighted by molar-refractivity contribution is 0.0953. The zero-order chi connectivity index (χ0) is 14.5. The third-order valence-electron chi connectivity index (χ3n) is 2.97. The average Bonchev–Trinajstić information content (AvgIpc) is 2.81. The minimum absolute atomic E-state index is 0.114. The Morgan fingerprint density at radius 1 is 1.50 bits per heavy atom. The van der Waals surface area contributed by atoms with Gasteiger partial charge >= 0.3 is 0 Å². The zero-order valence-electron chi connectivity index (χ0n) is 11.3. The number of aromatic nitrogens is 2. The Bertz CT molecular complexity index is 609. The maximum atomic E-state index is 12.0. The zero-order valence-corrected chi connectivity index (χ0v) is 12.9. The molecule has 2 aromatic rings. The van der Waals surface area contributed by atoms with Gasteiger partial charge in [0.05, 0.1) is 23.1 Å². The number of nitrogens with two attached hydrogens (primary N) is 1. The number of hydrogen-bond donors (Lipinski definition) is 2. The highest BCUT2D eigenvalue weighted by Crippen LogP contribution is 2.18. The lowest BCUT2D eigenvalue weighted by atomic mass is 10.2. The van der Waals surface area contributed by atoms with Crippen LogP contribution < -0.4 is 11.1 Å². The summed E-state index contributed by atoms with van der Waals surface area (Å²) in [6, 6.07) is 7.78. The molecular weight excluding hydrogens is 320 g/mol. The molecule has 0 aliphatic carbocycles. The van der Waals surface area contributed by atoms with Gasteiger partial charge in [0.1, 0.15) is 0 Å². The quantitative estimate of drug-likeness (QED) is 0.820. The molecule has 1 heterocycles. The molecule has 5 nitrogen and oxygen atoms in total. The molecular formula is C14H17BrN4O. The molecule has 2 rings (SSSR count). The molecule has 0 saturated heterocycles. The van der Waals surface area contributed by atoms with E-state index in [0.717, 1.165) is 22.3 Å². The fraction of sp³-hybridized carbons (Fsp3) is 0.286. The Morgan fingerprint density at radius 3 is 3.00 bits per heavy atom. The van der Waals surface area contributed by atoms with Crippen molar-refractivity contribution in [1.29, 1.82) is 0 Å². The molecule has 0 aliphatic heterocycles. The van der Waals surface area contributed by atoms with E-state index in [1.165, 1.54) is 0 Å². The summed E-state index contributed by atoms with van der Waals surface area (Å²) in [6.07, 6.45) is 2.36. The Balaban J connectivity index is 2.21. The number of carbonyl (C=O) groups is 1. The summed E-state index contributed by atoms with van der Waals surface area (Å²) in [5.74, 6) is -0.114. The second-order valence-electron chi connectivity index (χ2n) is 4.43. The van der Waals surface area contributed by atoms with E-state index in [1.807, 2.05) is 31.2 Å². The van der Waals surface area contributed by atoms with Gasteiger partial charge in [0.2, 0.25) is 0 Å². The highest BCUT2D eigenvalue weighted by molar-refractivity contribution is 9.10. The molecule has 0 spiro atoms. The summed E-state index contributed by atoms with van der Waals surface area (Å²) in [5.41, 5.74) is 7.72. The minimum atomic E-state index is -0.114. The Labute approximate surface area is 126 Å². The van der Waals surface area contributed by atoms with Crippen LogP contribution in [-0.4, -0.2) is 28.8 Å².